The molecule has 1 fully saturated rings. The van der Waals surface area contributed by atoms with Crippen LogP contribution in [0.1, 0.15) is 19.8 Å². The number of ether oxygens (including phenoxy) is 1. The van der Waals surface area contributed by atoms with Crippen molar-refractivity contribution in [3.8, 4) is 0 Å². The van der Waals surface area contributed by atoms with Gasteiger partial charge < -0.3 is 10.1 Å². The van der Waals surface area contributed by atoms with Crippen LogP contribution in [0.3, 0.4) is 0 Å². The highest BCUT2D eigenvalue weighted by molar-refractivity contribution is 7.99. The monoisotopic (exact) mass is 246 g/mol. The van der Waals surface area contributed by atoms with Crippen LogP contribution >= 0.6 is 11.8 Å². The second-order valence-corrected chi connectivity index (χ2v) is 5.63. The maximum absolute atomic E-state index is 5.03. The Morgan fingerprint density at radius 2 is 2.25 bits per heavy atom. The van der Waals surface area contributed by atoms with Crippen molar-refractivity contribution in [2.45, 2.75) is 25.8 Å². The average Bonchev–Trinajstić information content (AvgIpc) is 2.57. The summed E-state index contributed by atoms with van der Waals surface area (Å²) in [7, 11) is 1.76. The average molecular weight is 246 g/mol. The Hall–Kier alpha value is 0.230. The number of methoxy groups -OCH3 is 1. The SMILES string of the molecule is COCCCNCC(C)N1CCCSCC1. The van der Waals surface area contributed by atoms with Gasteiger partial charge in [-0.1, -0.05) is 0 Å². The standard InChI is InChI=1S/C12H26N2OS/c1-12(11-13-5-3-8-15-2)14-6-4-9-16-10-7-14/h12-13H,3-11H2,1-2H3. The zero-order chi connectivity index (χ0) is 11.6. The first kappa shape index (κ1) is 14.3. The lowest BCUT2D eigenvalue weighted by Crippen LogP contribution is -2.41. The van der Waals surface area contributed by atoms with Crippen molar-refractivity contribution < 1.29 is 4.74 Å². The highest BCUT2D eigenvalue weighted by atomic mass is 32.2. The maximum atomic E-state index is 5.03. The van der Waals surface area contributed by atoms with Crippen LogP contribution in [0.5, 0.6) is 0 Å². The number of hydrogen-bond acceptors (Lipinski definition) is 4. The molecule has 0 amide bonds. The lowest BCUT2D eigenvalue weighted by atomic mass is 10.2. The van der Waals surface area contributed by atoms with Gasteiger partial charge in [0.15, 0.2) is 0 Å². The molecular weight excluding hydrogens is 220 g/mol. The van der Waals surface area contributed by atoms with E-state index in [1.54, 1.807) is 7.11 Å². The minimum absolute atomic E-state index is 0.668. The van der Waals surface area contributed by atoms with E-state index in [1.165, 1.54) is 31.0 Å². The first-order valence-electron chi connectivity index (χ1n) is 6.36. The molecule has 0 saturated carbocycles. The molecule has 96 valence electrons. The Bertz CT molecular complexity index is 161. The Morgan fingerprint density at radius 1 is 1.38 bits per heavy atom. The molecule has 1 heterocycles. The van der Waals surface area contributed by atoms with Gasteiger partial charge in [-0.25, -0.2) is 0 Å². The zero-order valence-corrected chi connectivity index (χ0v) is 11.5. The van der Waals surface area contributed by atoms with Crippen molar-refractivity contribution in [3.63, 3.8) is 0 Å². The fraction of sp³-hybridized carbons (Fsp3) is 1.00. The molecule has 0 radical (unpaired) electrons. The van der Waals surface area contributed by atoms with Crippen molar-refractivity contribution in [1.82, 2.24) is 10.2 Å². The lowest BCUT2D eigenvalue weighted by Gasteiger charge is -2.27. The molecule has 0 bridgehead atoms. The summed E-state index contributed by atoms with van der Waals surface area (Å²) in [4.78, 5) is 2.61. The van der Waals surface area contributed by atoms with Crippen molar-refractivity contribution in [2.24, 2.45) is 0 Å². The van der Waals surface area contributed by atoms with E-state index >= 15 is 0 Å². The summed E-state index contributed by atoms with van der Waals surface area (Å²) in [5.74, 6) is 2.64. The van der Waals surface area contributed by atoms with Crippen LogP contribution in [0.2, 0.25) is 0 Å². The number of thioether (sulfide) groups is 1. The van der Waals surface area contributed by atoms with Crippen molar-refractivity contribution >= 4 is 11.8 Å². The molecule has 0 spiro atoms. The predicted octanol–water partition coefficient (Wildman–Crippen LogP) is 1.44. The van der Waals surface area contributed by atoms with Crippen LogP contribution in [-0.4, -0.2) is 62.3 Å². The van der Waals surface area contributed by atoms with E-state index in [4.69, 9.17) is 4.74 Å². The highest BCUT2D eigenvalue weighted by Crippen LogP contribution is 2.11. The van der Waals surface area contributed by atoms with Gasteiger partial charge in [-0.3, -0.25) is 4.90 Å². The summed E-state index contributed by atoms with van der Waals surface area (Å²) >= 11 is 2.09. The van der Waals surface area contributed by atoms with Gasteiger partial charge in [-0.15, -0.1) is 0 Å². The fourth-order valence-corrected chi connectivity index (χ4v) is 2.89. The molecular formula is C12H26N2OS. The third-order valence-corrected chi connectivity index (χ3v) is 4.07. The highest BCUT2D eigenvalue weighted by Gasteiger charge is 2.14. The smallest absolute Gasteiger partial charge is 0.0474 e. The molecule has 1 N–H and O–H groups in total. The van der Waals surface area contributed by atoms with E-state index in [0.29, 0.717) is 6.04 Å². The van der Waals surface area contributed by atoms with Crippen LogP contribution in [0.4, 0.5) is 0 Å². The summed E-state index contributed by atoms with van der Waals surface area (Å²) in [6.07, 6.45) is 2.46. The molecule has 1 aliphatic heterocycles. The third kappa shape index (κ3) is 6.09. The number of nitrogens with one attached hydrogen (secondary N) is 1. The van der Waals surface area contributed by atoms with E-state index in [-0.39, 0.29) is 0 Å². The van der Waals surface area contributed by atoms with Gasteiger partial charge in [-0.05, 0) is 38.6 Å². The number of nitrogens with zero attached hydrogens (tertiary/aromatic N) is 1. The largest absolute Gasteiger partial charge is 0.385 e. The first-order valence-corrected chi connectivity index (χ1v) is 7.51. The van der Waals surface area contributed by atoms with Crippen LogP contribution in [-0.2, 0) is 4.74 Å². The van der Waals surface area contributed by atoms with E-state index in [2.05, 4.69) is 28.9 Å². The van der Waals surface area contributed by atoms with Crippen LogP contribution < -0.4 is 5.32 Å². The predicted molar refractivity (Wildman–Crippen MR) is 72.3 cm³/mol. The molecule has 1 rings (SSSR count). The Kier molecular flexibility index (Phi) is 8.29. The summed E-state index contributed by atoms with van der Waals surface area (Å²) in [5.41, 5.74) is 0. The topological polar surface area (TPSA) is 24.5 Å². The van der Waals surface area contributed by atoms with Crippen LogP contribution in [0.25, 0.3) is 0 Å². The fourth-order valence-electron chi connectivity index (χ4n) is 1.99. The van der Waals surface area contributed by atoms with Crippen molar-refractivity contribution in [3.05, 3.63) is 0 Å². The van der Waals surface area contributed by atoms with Gasteiger partial charge in [0, 0.05) is 38.6 Å². The second kappa shape index (κ2) is 9.28. The normalized spacial score (nSPS) is 20.6. The molecule has 16 heavy (non-hydrogen) atoms. The lowest BCUT2D eigenvalue weighted by molar-refractivity contribution is 0.190. The number of hydrogen-bond donors (Lipinski definition) is 1. The molecule has 0 aliphatic carbocycles. The minimum atomic E-state index is 0.668. The van der Waals surface area contributed by atoms with Gasteiger partial charge in [0.05, 0.1) is 0 Å². The summed E-state index contributed by atoms with van der Waals surface area (Å²) in [6.45, 7) is 7.90. The third-order valence-electron chi connectivity index (χ3n) is 3.02. The number of rotatable bonds is 7. The van der Waals surface area contributed by atoms with Crippen molar-refractivity contribution in [1.29, 1.82) is 0 Å². The molecule has 1 unspecified atom stereocenters. The summed E-state index contributed by atoms with van der Waals surface area (Å²) in [5, 5.41) is 3.51. The quantitative estimate of drug-likeness (QED) is 0.687. The molecule has 1 atom stereocenters. The second-order valence-electron chi connectivity index (χ2n) is 4.40. The van der Waals surface area contributed by atoms with Gasteiger partial charge in [0.25, 0.3) is 0 Å². The molecule has 3 nitrogen and oxygen atoms in total. The van der Waals surface area contributed by atoms with Crippen LogP contribution in [0.15, 0.2) is 0 Å². The Balaban J connectivity index is 2.05. The minimum Gasteiger partial charge on any atom is -0.385 e. The zero-order valence-electron chi connectivity index (χ0n) is 10.7. The van der Waals surface area contributed by atoms with Crippen LogP contribution in [0, 0.1) is 0 Å². The maximum Gasteiger partial charge on any atom is 0.0474 e. The molecule has 0 aromatic carbocycles. The molecule has 0 aromatic rings. The van der Waals surface area contributed by atoms with E-state index in [1.807, 2.05) is 0 Å². The van der Waals surface area contributed by atoms with E-state index in [9.17, 15) is 0 Å². The van der Waals surface area contributed by atoms with Gasteiger partial charge in [0.2, 0.25) is 0 Å². The van der Waals surface area contributed by atoms with E-state index in [0.717, 1.165) is 26.1 Å². The summed E-state index contributed by atoms with van der Waals surface area (Å²) in [6, 6.07) is 0.668. The van der Waals surface area contributed by atoms with Gasteiger partial charge >= 0.3 is 0 Å². The Labute approximate surface area is 104 Å². The molecule has 1 saturated heterocycles. The molecule has 4 heteroatoms. The first-order chi connectivity index (χ1) is 7.84. The molecule has 1 aliphatic rings. The van der Waals surface area contributed by atoms with E-state index < -0.39 is 0 Å². The van der Waals surface area contributed by atoms with Gasteiger partial charge in [0.1, 0.15) is 0 Å². The Morgan fingerprint density at radius 3 is 3.06 bits per heavy atom. The van der Waals surface area contributed by atoms with Gasteiger partial charge in [-0.2, -0.15) is 11.8 Å². The van der Waals surface area contributed by atoms with Crippen molar-refractivity contribution in [2.75, 3.05) is 51.4 Å². The molecule has 0 aromatic heterocycles. The summed E-state index contributed by atoms with van der Waals surface area (Å²) < 4.78 is 5.03.